The fourth-order valence-corrected chi connectivity index (χ4v) is 1.33. The third-order valence-electron chi connectivity index (χ3n) is 2.28. The van der Waals surface area contributed by atoms with E-state index in [-0.39, 0.29) is 0 Å². The van der Waals surface area contributed by atoms with Crippen molar-refractivity contribution in [3.8, 4) is 0 Å². The first-order valence-electron chi connectivity index (χ1n) is 4.84. The largest absolute Gasteiger partial charge is 0.340 e. The van der Waals surface area contributed by atoms with Crippen LogP contribution < -0.4 is 5.32 Å². The average Bonchev–Trinajstić information content (AvgIpc) is 2.84. The van der Waals surface area contributed by atoms with Gasteiger partial charge in [-0.1, -0.05) is 18.0 Å². The molecule has 1 aromatic heterocycles. The molecule has 0 saturated heterocycles. The lowest BCUT2D eigenvalue weighted by atomic mass is 10.3. The van der Waals surface area contributed by atoms with Gasteiger partial charge in [0.05, 0.1) is 6.54 Å². The Morgan fingerprint density at radius 2 is 2.38 bits per heavy atom. The van der Waals surface area contributed by atoms with Gasteiger partial charge < -0.3 is 9.84 Å². The smallest absolute Gasteiger partial charge is 0.223 e. The van der Waals surface area contributed by atoms with Crippen LogP contribution in [0.3, 0.4) is 0 Å². The van der Waals surface area contributed by atoms with E-state index >= 15 is 0 Å². The average molecular weight is 181 g/mol. The maximum absolute atomic E-state index is 4.85. The van der Waals surface area contributed by atoms with Crippen molar-refractivity contribution in [2.24, 2.45) is 5.92 Å². The van der Waals surface area contributed by atoms with Crippen LogP contribution in [0.5, 0.6) is 0 Å². The second-order valence-corrected chi connectivity index (χ2v) is 3.64. The first-order valence-corrected chi connectivity index (χ1v) is 4.84. The molecule has 0 aliphatic heterocycles. The molecule has 1 N–H and O–H groups in total. The van der Waals surface area contributed by atoms with E-state index in [1.165, 1.54) is 19.3 Å². The molecule has 1 aliphatic carbocycles. The van der Waals surface area contributed by atoms with Crippen molar-refractivity contribution < 1.29 is 4.52 Å². The molecule has 0 radical (unpaired) electrons. The van der Waals surface area contributed by atoms with Gasteiger partial charge in [0.25, 0.3) is 0 Å². The van der Waals surface area contributed by atoms with Gasteiger partial charge in [0.1, 0.15) is 0 Å². The van der Waals surface area contributed by atoms with Gasteiger partial charge in [0.15, 0.2) is 5.82 Å². The molecule has 0 amide bonds. The van der Waals surface area contributed by atoms with Crippen molar-refractivity contribution in [3.05, 3.63) is 11.7 Å². The quantitative estimate of drug-likeness (QED) is 0.695. The Hall–Kier alpha value is -0.900. The molecule has 0 atom stereocenters. The Morgan fingerprint density at radius 3 is 3.00 bits per heavy atom. The molecular formula is C9H15N3O. The summed E-state index contributed by atoms with van der Waals surface area (Å²) in [6.45, 7) is 3.60. The normalized spacial score (nSPS) is 16.4. The molecule has 0 aromatic carbocycles. The van der Waals surface area contributed by atoms with Crippen molar-refractivity contribution >= 4 is 0 Å². The molecular weight excluding hydrogens is 166 g/mol. The van der Waals surface area contributed by atoms with Crippen molar-refractivity contribution in [1.82, 2.24) is 15.5 Å². The van der Waals surface area contributed by atoms with Crippen molar-refractivity contribution in [1.29, 1.82) is 0 Å². The van der Waals surface area contributed by atoms with E-state index in [1.54, 1.807) is 6.92 Å². The number of rotatable bonds is 5. The van der Waals surface area contributed by atoms with Gasteiger partial charge >= 0.3 is 0 Å². The third-order valence-corrected chi connectivity index (χ3v) is 2.28. The third kappa shape index (κ3) is 2.81. The SMILES string of the molecule is Cc1nc(CNCCC2CC2)no1. The van der Waals surface area contributed by atoms with E-state index < -0.39 is 0 Å². The molecule has 1 heterocycles. The molecule has 0 unspecified atom stereocenters. The minimum Gasteiger partial charge on any atom is -0.340 e. The minimum atomic E-state index is 0.638. The van der Waals surface area contributed by atoms with E-state index in [4.69, 9.17) is 4.52 Å². The van der Waals surface area contributed by atoms with Gasteiger partial charge in [-0.05, 0) is 18.9 Å². The lowest BCUT2D eigenvalue weighted by molar-refractivity contribution is 0.385. The van der Waals surface area contributed by atoms with Gasteiger partial charge in [0, 0.05) is 6.92 Å². The van der Waals surface area contributed by atoms with Crippen LogP contribution in [0.25, 0.3) is 0 Å². The van der Waals surface area contributed by atoms with Crippen LogP contribution in [-0.4, -0.2) is 16.7 Å². The van der Waals surface area contributed by atoms with Crippen LogP contribution in [-0.2, 0) is 6.54 Å². The van der Waals surface area contributed by atoms with Crippen LogP contribution in [0.2, 0.25) is 0 Å². The maximum Gasteiger partial charge on any atom is 0.223 e. The molecule has 4 nitrogen and oxygen atoms in total. The van der Waals surface area contributed by atoms with E-state index in [9.17, 15) is 0 Å². The maximum atomic E-state index is 4.85. The molecule has 13 heavy (non-hydrogen) atoms. The molecule has 4 heteroatoms. The fourth-order valence-electron chi connectivity index (χ4n) is 1.33. The van der Waals surface area contributed by atoms with E-state index in [0.717, 1.165) is 24.8 Å². The molecule has 1 saturated carbocycles. The zero-order valence-electron chi connectivity index (χ0n) is 7.92. The summed E-state index contributed by atoms with van der Waals surface area (Å²) in [5.41, 5.74) is 0. The molecule has 72 valence electrons. The Labute approximate surface area is 77.7 Å². The van der Waals surface area contributed by atoms with Crippen molar-refractivity contribution in [2.75, 3.05) is 6.54 Å². The fraction of sp³-hybridized carbons (Fsp3) is 0.778. The summed E-state index contributed by atoms with van der Waals surface area (Å²) >= 11 is 0. The van der Waals surface area contributed by atoms with Crippen LogP contribution in [0, 0.1) is 12.8 Å². The van der Waals surface area contributed by atoms with Gasteiger partial charge in [0.2, 0.25) is 5.89 Å². The first-order chi connectivity index (χ1) is 6.34. The Bertz CT molecular complexity index is 268. The molecule has 1 aromatic rings. The van der Waals surface area contributed by atoms with E-state index in [2.05, 4.69) is 15.5 Å². The zero-order chi connectivity index (χ0) is 9.10. The summed E-state index contributed by atoms with van der Waals surface area (Å²) in [4.78, 5) is 4.10. The van der Waals surface area contributed by atoms with Crippen molar-refractivity contribution in [3.63, 3.8) is 0 Å². The molecule has 2 rings (SSSR count). The first kappa shape index (κ1) is 8.69. The topological polar surface area (TPSA) is 51.0 Å². The van der Waals surface area contributed by atoms with Crippen LogP contribution in [0.1, 0.15) is 31.0 Å². The summed E-state index contributed by atoms with van der Waals surface area (Å²) < 4.78 is 4.85. The standard InChI is InChI=1S/C9H15N3O/c1-7-11-9(12-13-7)6-10-5-4-8-2-3-8/h8,10H,2-6H2,1H3. The number of aryl methyl sites for hydroxylation is 1. The van der Waals surface area contributed by atoms with E-state index in [0.29, 0.717) is 5.89 Å². The Morgan fingerprint density at radius 1 is 1.54 bits per heavy atom. The van der Waals surface area contributed by atoms with Gasteiger partial charge in [-0.2, -0.15) is 4.98 Å². The highest BCUT2D eigenvalue weighted by atomic mass is 16.5. The predicted octanol–water partition coefficient (Wildman–Crippen LogP) is 1.27. The van der Waals surface area contributed by atoms with E-state index in [1.807, 2.05) is 0 Å². The van der Waals surface area contributed by atoms with Crippen molar-refractivity contribution in [2.45, 2.75) is 32.7 Å². The van der Waals surface area contributed by atoms with Gasteiger partial charge in [-0.25, -0.2) is 0 Å². The molecule has 0 spiro atoms. The summed E-state index contributed by atoms with van der Waals surface area (Å²) in [5.74, 6) is 2.38. The summed E-state index contributed by atoms with van der Waals surface area (Å²) in [5, 5.41) is 7.10. The summed E-state index contributed by atoms with van der Waals surface area (Å²) in [6.07, 6.45) is 4.13. The van der Waals surface area contributed by atoms with Crippen LogP contribution >= 0.6 is 0 Å². The Balaban J connectivity index is 1.61. The van der Waals surface area contributed by atoms with Gasteiger partial charge in [-0.15, -0.1) is 0 Å². The number of nitrogens with one attached hydrogen (secondary N) is 1. The zero-order valence-corrected chi connectivity index (χ0v) is 7.92. The highest BCUT2D eigenvalue weighted by molar-refractivity contribution is 4.83. The molecule has 1 fully saturated rings. The minimum absolute atomic E-state index is 0.638. The highest BCUT2D eigenvalue weighted by Crippen LogP contribution is 2.31. The lowest BCUT2D eigenvalue weighted by Crippen LogP contribution is -2.16. The molecule has 0 bridgehead atoms. The summed E-state index contributed by atoms with van der Waals surface area (Å²) in [7, 11) is 0. The van der Waals surface area contributed by atoms with Gasteiger partial charge in [-0.3, -0.25) is 0 Å². The lowest BCUT2D eigenvalue weighted by Gasteiger charge is -1.98. The predicted molar refractivity (Wildman–Crippen MR) is 48.1 cm³/mol. The second kappa shape index (κ2) is 3.87. The van der Waals surface area contributed by atoms with Crippen LogP contribution in [0.15, 0.2) is 4.52 Å². The monoisotopic (exact) mass is 181 g/mol. The number of aromatic nitrogens is 2. The van der Waals surface area contributed by atoms with Crippen LogP contribution in [0.4, 0.5) is 0 Å². The highest BCUT2D eigenvalue weighted by Gasteiger charge is 2.19. The number of nitrogens with zero attached hydrogens (tertiary/aromatic N) is 2. The number of hydrogen-bond donors (Lipinski definition) is 1. The molecule has 1 aliphatic rings. The second-order valence-electron chi connectivity index (χ2n) is 3.64. The summed E-state index contributed by atoms with van der Waals surface area (Å²) in [6, 6.07) is 0. The Kier molecular flexibility index (Phi) is 2.59. The number of hydrogen-bond acceptors (Lipinski definition) is 4.